The van der Waals surface area contributed by atoms with Crippen LogP contribution in [0.3, 0.4) is 0 Å². The van der Waals surface area contributed by atoms with Crippen molar-refractivity contribution in [1.82, 2.24) is 10.3 Å². The molecule has 2 heterocycles. The van der Waals surface area contributed by atoms with E-state index in [4.69, 9.17) is 10.5 Å². The third-order valence-electron chi connectivity index (χ3n) is 4.43. The normalized spacial score (nSPS) is 18.4. The number of primary amides is 1. The summed E-state index contributed by atoms with van der Waals surface area (Å²) in [5.74, 6) is 5.43. The molecule has 2 aromatic rings. The van der Waals surface area contributed by atoms with Gasteiger partial charge in [-0.2, -0.15) is 0 Å². The SMILES string of the molecule is COc1cc(C(N)=O)nc(-c2cccc(C#C[C@@]3(CO)CCNC3=O)c2)c1. The first-order valence-electron chi connectivity index (χ1n) is 8.36. The molecule has 0 spiro atoms. The number of carbonyl (C=O) groups is 2. The monoisotopic (exact) mass is 365 g/mol. The maximum Gasteiger partial charge on any atom is 0.267 e. The molecule has 1 fully saturated rings. The highest BCUT2D eigenvalue weighted by Gasteiger charge is 2.40. The highest BCUT2D eigenvalue weighted by Crippen LogP contribution is 2.26. The third kappa shape index (κ3) is 3.76. The summed E-state index contributed by atoms with van der Waals surface area (Å²) >= 11 is 0. The van der Waals surface area contributed by atoms with Crippen LogP contribution in [0.15, 0.2) is 36.4 Å². The Morgan fingerprint density at radius 3 is 2.85 bits per heavy atom. The minimum absolute atomic E-state index is 0.0997. The van der Waals surface area contributed by atoms with Crippen molar-refractivity contribution < 1.29 is 19.4 Å². The van der Waals surface area contributed by atoms with Crippen molar-refractivity contribution in [3.05, 3.63) is 47.7 Å². The zero-order valence-electron chi connectivity index (χ0n) is 14.8. The van der Waals surface area contributed by atoms with Crippen LogP contribution in [0, 0.1) is 17.3 Å². The van der Waals surface area contributed by atoms with Gasteiger partial charge in [-0.05, 0) is 18.6 Å². The molecule has 0 saturated carbocycles. The van der Waals surface area contributed by atoms with Crippen LogP contribution in [0.5, 0.6) is 5.75 Å². The number of aliphatic hydroxyl groups excluding tert-OH is 1. The highest BCUT2D eigenvalue weighted by molar-refractivity contribution is 5.92. The highest BCUT2D eigenvalue weighted by atomic mass is 16.5. The number of carbonyl (C=O) groups excluding carboxylic acids is 2. The number of hydrogen-bond donors (Lipinski definition) is 3. The molecule has 138 valence electrons. The summed E-state index contributed by atoms with van der Waals surface area (Å²) in [6.07, 6.45) is 0.467. The first kappa shape index (κ1) is 18.4. The van der Waals surface area contributed by atoms with Gasteiger partial charge in [0.05, 0.1) is 19.4 Å². The van der Waals surface area contributed by atoms with E-state index in [1.54, 1.807) is 24.3 Å². The van der Waals surface area contributed by atoms with Gasteiger partial charge in [-0.1, -0.05) is 24.0 Å². The van der Waals surface area contributed by atoms with Crippen LogP contribution in [0.4, 0.5) is 0 Å². The molecule has 1 saturated heterocycles. The van der Waals surface area contributed by atoms with Crippen molar-refractivity contribution in [1.29, 1.82) is 0 Å². The van der Waals surface area contributed by atoms with Gasteiger partial charge in [0, 0.05) is 29.8 Å². The second-order valence-corrected chi connectivity index (χ2v) is 6.22. The minimum Gasteiger partial charge on any atom is -0.497 e. The lowest BCUT2D eigenvalue weighted by atomic mass is 9.88. The number of ether oxygens (including phenoxy) is 1. The Kier molecular flexibility index (Phi) is 5.10. The molecule has 0 bridgehead atoms. The Morgan fingerprint density at radius 1 is 1.41 bits per heavy atom. The summed E-state index contributed by atoms with van der Waals surface area (Å²) in [6.45, 7) is 0.169. The van der Waals surface area contributed by atoms with Crippen molar-refractivity contribution in [2.75, 3.05) is 20.3 Å². The smallest absolute Gasteiger partial charge is 0.267 e. The van der Waals surface area contributed by atoms with Gasteiger partial charge in [-0.3, -0.25) is 9.59 Å². The summed E-state index contributed by atoms with van der Waals surface area (Å²) in [6, 6.07) is 10.4. The average molecular weight is 365 g/mol. The lowest BCUT2D eigenvalue weighted by Gasteiger charge is -2.15. The largest absolute Gasteiger partial charge is 0.497 e. The number of nitrogens with zero attached hydrogens (tertiary/aromatic N) is 1. The number of nitrogens with one attached hydrogen (secondary N) is 1. The second kappa shape index (κ2) is 7.48. The summed E-state index contributed by atoms with van der Waals surface area (Å²) in [5.41, 5.74) is 6.26. The van der Waals surface area contributed by atoms with Crippen LogP contribution in [-0.4, -0.2) is 42.2 Å². The Hall–Kier alpha value is -3.37. The van der Waals surface area contributed by atoms with Crippen molar-refractivity contribution in [3.63, 3.8) is 0 Å². The lowest BCUT2D eigenvalue weighted by Crippen LogP contribution is -2.33. The zero-order valence-corrected chi connectivity index (χ0v) is 14.8. The quantitative estimate of drug-likeness (QED) is 0.690. The van der Waals surface area contributed by atoms with E-state index >= 15 is 0 Å². The standard InChI is InChI=1S/C20H19N3O4/c1-27-15-10-16(23-17(11-15)18(21)25)14-4-2-3-13(9-14)5-6-20(12-24)7-8-22-19(20)26/h2-4,9-11,24H,7-8,12H2,1H3,(H2,21,25)(H,22,26)/t20-/m0/s1. The first-order chi connectivity index (χ1) is 13.0. The summed E-state index contributed by atoms with van der Waals surface area (Å²) in [7, 11) is 1.49. The molecule has 1 aliphatic rings. The molecule has 4 N–H and O–H groups in total. The molecule has 1 atom stereocenters. The first-order valence-corrected chi connectivity index (χ1v) is 8.36. The fourth-order valence-corrected chi connectivity index (χ4v) is 2.83. The van der Waals surface area contributed by atoms with Crippen LogP contribution in [-0.2, 0) is 4.79 Å². The van der Waals surface area contributed by atoms with Crippen molar-refractivity contribution in [2.24, 2.45) is 11.1 Å². The van der Waals surface area contributed by atoms with E-state index in [0.29, 0.717) is 30.0 Å². The van der Waals surface area contributed by atoms with Crippen molar-refractivity contribution in [3.8, 4) is 28.8 Å². The van der Waals surface area contributed by atoms with Gasteiger partial charge in [0.1, 0.15) is 16.9 Å². The van der Waals surface area contributed by atoms with E-state index in [1.165, 1.54) is 13.2 Å². The molecular formula is C20H19N3O4. The van der Waals surface area contributed by atoms with Gasteiger partial charge in [-0.25, -0.2) is 4.98 Å². The van der Waals surface area contributed by atoms with E-state index in [9.17, 15) is 14.7 Å². The number of aliphatic hydroxyl groups is 1. The fraction of sp³-hybridized carbons (Fsp3) is 0.250. The molecule has 1 aromatic heterocycles. The topological polar surface area (TPSA) is 115 Å². The van der Waals surface area contributed by atoms with Crippen LogP contribution >= 0.6 is 0 Å². The Labute approximate surface area is 156 Å². The molecule has 1 aliphatic heterocycles. The van der Waals surface area contributed by atoms with E-state index in [0.717, 1.165) is 5.56 Å². The molecule has 1 aromatic carbocycles. The number of aromatic nitrogens is 1. The molecule has 3 rings (SSSR count). The molecule has 0 unspecified atom stereocenters. The van der Waals surface area contributed by atoms with Gasteiger partial charge < -0.3 is 20.9 Å². The van der Waals surface area contributed by atoms with E-state index < -0.39 is 11.3 Å². The number of hydrogen-bond acceptors (Lipinski definition) is 5. The number of methoxy groups -OCH3 is 1. The Morgan fingerprint density at radius 2 is 2.22 bits per heavy atom. The third-order valence-corrected chi connectivity index (χ3v) is 4.43. The molecule has 7 nitrogen and oxygen atoms in total. The Balaban J connectivity index is 1.98. The zero-order chi connectivity index (χ0) is 19.4. The molecule has 0 radical (unpaired) electrons. The van der Waals surface area contributed by atoms with Crippen LogP contribution < -0.4 is 15.8 Å². The van der Waals surface area contributed by atoms with Gasteiger partial charge in [0.15, 0.2) is 0 Å². The lowest BCUT2D eigenvalue weighted by molar-refractivity contribution is -0.126. The van der Waals surface area contributed by atoms with Crippen molar-refractivity contribution in [2.45, 2.75) is 6.42 Å². The van der Waals surface area contributed by atoms with Gasteiger partial charge in [0.2, 0.25) is 5.91 Å². The number of nitrogens with two attached hydrogens (primary N) is 1. The van der Waals surface area contributed by atoms with Crippen LogP contribution in [0.1, 0.15) is 22.5 Å². The van der Waals surface area contributed by atoms with Gasteiger partial charge >= 0.3 is 0 Å². The molecule has 7 heteroatoms. The number of pyridine rings is 1. The summed E-state index contributed by atoms with van der Waals surface area (Å²) in [4.78, 5) is 27.7. The average Bonchev–Trinajstić information content (AvgIpc) is 3.07. The molecule has 0 aliphatic carbocycles. The predicted molar refractivity (Wildman–Crippen MR) is 98.8 cm³/mol. The van der Waals surface area contributed by atoms with Crippen LogP contribution in [0.2, 0.25) is 0 Å². The maximum atomic E-state index is 12.0. The number of rotatable bonds is 4. The van der Waals surface area contributed by atoms with E-state index in [1.807, 2.05) is 6.07 Å². The molecule has 27 heavy (non-hydrogen) atoms. The minimum atomic E-state index is -1.07. The maximum absolute atomic E-state index is 12.0. The fourth-order valence-electron chi connectivity index (χ4n) is 2.83. The number of amides is 2. The van der Waals surface area contributed by atoms with E-state index in [2.05, 4.69) is 22.1 Å². The van der Waals surface area contributed by atoms with Crippen LogP contribution in [0.25, 0.3) is 11.3 Å². The number of benzene rings is 1. The Bertz CT molecular complexity index is 961. The molecular weight excluding hydrogens is 346 g/mol. The van der Waals surface area contributed by atoms with Gasteiger partial charge in [-0.15, -0.1) is 0 Å². The van der Waals surface area contributed by atoms with Crippen molar-refractivity contribution >= 4 is 11.8 Å². The molecule has 2 amide bonds. The van der Waals surface area contributed by atoms with E-state index in [-0.39, 0.29) is 18.2 Å². The summed E-state index contributed by atoms with van der Waals surface area (Å²) in [5, 5.41) is 12.3. The second-order valence-electron chi connectivity index (χ2n) is 6.22. The predicted octanol–water partition coefficient (Wildman–Crippen LogP) is 0.706. The summed E-state index contributed by atoms with van der Waals surface area (Å²) < 4.78 is 5.20. The van der Waals surface area contributed by atoms with Gasteiger partial charge in [0.25, 0.3) is 5.91 Å².